The number of hydrogen-bond acceptors (Lipinski definition) is 2. The summed E-state index contributed by atoms with van der Waals surface area (Å²) in [7, 11) is 0. The topological polar surface area (TPSA) is 33.1 Å². The Morgan fingerprint density at radius 2 is 1.88 bits per heavy atom. The molecule has 0 saturated carbocycles. The molecule has 2 nitrogen and oxygen atoms in total. The van der Waals surface area contributed by atoms with Crippen LogP contribution in [0.15, 0.2) is 42.7 Å². The van der Waals surface area contributed by atoms with Crippen LogP contribution in [0.2, 0.25) is 0 Å². The molecule has 1 heterocycles. The van der Waals surface area contributed by atoms with E-state index in [1.54, 1.807) is 12.4 Å². The van der Waals surface area contributed by atoms with Gasteiger partial charge >= 0.3 is 0 Å². The molecule has 2 aromatic rings. The van der Waals surface area contributed by atoms with Crippen LogP contribution in [0.1, 0.15) is 35.3 Å². The number of pyridine rings is 1. The van der Waals surface area contributed by atoms with Crippen LogP contribution in [-0.2, 0) is 6.42 Å². The van der Waals surface area contributed by atoms with Crippen molar-refractivity contribution in [2.45, 2.75) is 26.4 Å². The van der Waals surface area contributed by atoms with Crippen LogP contribution >= 0.6 is 0 Å². The zero-order chi connectivity index (χ0) is 12.3. The van der Waals surface area contributed by atoms with E-state index in [-0.39, 0.29) is 0 Å². The van der Waals surface area contributed by atoms with E-state index < -0.39 is 6.10 Å². The van der Waals surface area contributed by atoms with Crippen molar-refractivity contribution in [1.82, 2.24) is 4.98 Å². The molecule has 0 amide bonds. The predicted molar refractivity (Wildman–Crippen MR) is 68.9 cm³/mol. The number of aryl methyl sites for hydroxylation is 2. The number of aliphatic hydroxyl groups excluding tert-OH is 1. The SMILES string of the molecule is CCc1ccc(C(O)c2cnccc2C)cc1. The first-order valence-electron chi connectivity index (χ1n) is 5.89. The molecule has 0 saturated heterocycles. The molecule has 0 aliphatic heterocycles. The van der Waals surface area contributed by atoms with Gasteiger partial charge in [-0.1, -0.05) is 31.2 Å². The van der Waals surface area contributed by atoms with E-state index in [4.69, 9.17) is 0 Å². The maximum absolute atomic E-state index is 10.3. The van der Waals surface area contributed by atoms with Gasteiger partial charge in [-0.25, -0.2) is 0 Å². The quantitative estimate of drug-likeness (QED) is 0.874. The standard InChI is InChI=1S/C15H17NO/c1-3-12-4-6-13(7-5-12)15(17)14-10-16-9-8-11(14)2/h4-10,15,17H,3H2,1-2H3. The fourth-order valence-electron chi connectivity index (χ4n) is 1.88. The first-order valence-corrected chi connectivity index (χ1v) is 5.89. The van der Waals surface area contributed by atoms with Gasteiger partial charge in [0.05, 0.1) is 0 Å². The molecular formula is C15H17NO. The van der Waals surface area contributed by atoms with Crippen LogP contribution in [0.5, 0.6) is 0 Å². The monoisotopic (exact) mass is 227 g/mol. The summed E-state index contributed by atoms with van der Waals surface area (Å²) in [4.78, 5) is 4.07. The number of aliphatic hydroxyl groups is 1. The average Bonchev–Trinajstić information content (AvgIpc) is 2.39. The minimum absolute atomic E-state index is 0.588. The Morgan fingerprint density at radius 3 is 2.47 bits per heavy atom. The first-order chi connectivity index (χ1) is 8.22. The fraction of sp³-hybridized carbons (Fsp3) is 0.267. The third-order valence-corrected chi connectivity index (χ3v) is 3.08. The maximum atomic E-state index is 10.3. The van der Waals surface area contributed by atoms with Crippen LogP contribution in [0.3, 0.4) is 0 Å². The molecule has 17 heavy (non-hydrogen) atoms. The number of nitrogens with zero attached hydrogens (tertiary/aromatic N) is 1. The summed E-state index contributed by atoms with van der Waals surface area (Å²) in [5, 5.41) is 10.3. The molecule has 88 valence electrons. The summed E-state index contributed by atoms with van der Waals surface area (Å²) >= 11 is 0. The third kappa shape index (κ3) is 2.53. The third-order valence-electron chi connectivity index (χ3n) is 3.08. The maximum Gasteiger partial charge on any atom is 0.106 e. The number of benzene rings is 1. The Morgan fingerprint density at radius 1 is 1.18 bits per heavy atom. The molecule has 2 rings (SSSR count). The Bertz CT molecular complexity index is 491. The molecule has 0 aliphatic carbocycles. The Labute approximate surface area is 102 Å². The highest BCUT2D eigenvalue weighted by Gasteiger charge is 2.12. The van der Waals surface area contributed by atoms with E-state index in [1.807, 2.05) is 25.1 Å². The van der Waals surface area contributed by atoms with Crippen molar-refractivity contribution in [2.75, 3.05) is 0 Å². The van der Waals surface area contributed by atoms with E-state index in [9.17, 15) is 5.11 Å². The lowest BCUT2D eigenvalue weighted by Crippen LogP contribution is -2.02. The summed E-state index contributed by atoms with van der Waals surface area (Å²) in [6.07, 6.45) is 3.90. The second-order valence-electron chi connectivity index (χ2n) is 4.23. The van der Waals surface area contributed by atoms with E-state index in [0.29, 0.717) is 0 Å². The lowest BCUT2D eigenvalue weighted by atomic mass is 9.98. The molecule has 2 heteroatoms. The van der Waals surface area contributed by atoms with E-state index in [0.717, 1.165) is 23.1 Å². The molecule has 0 radical (unpaired) electrons. The van der Waals surface area contributed by atoms with Crippen LogP contribution in [-0.4, -0.2) is 10.1 Å². The van der Waals surface area contributed by atoms with Crippen molar-refractivity contribution in [3.8, 4) is 0 Å². The molecule has 1 atom stereocenters. The van der Waals surface area contributed by atoms with Crippen molar-refractivity contribution in [3.63, 3.8) is 0 Å². The Balaban J connectivity index is 2.30. The normalized spacial score (nSPS) is 12.4. The lowest BCUT2D eigenvalue weighted by molar-refractivity contribution is 0.219. The van der Waals surface area contributed by atoms with Gasteiger partial charge in [-0.05, 0) is 36.1 Å². The van der Waals surface area contributed by atoms with Gasteiger partial charge in [-0.3, -0.25) is 4.98 Å². The van der Waals surface area contributed by atoms with Crippen molar-refractivity contribution in [3.05, 3.63) is 65.0 Å². The minimum Gasteiger partial charge on any atom is -0.384 e. The molecule has 1 N–H and O–H groups in total. The van der Waals surface area contributed by atoms with E-state index in [2.05, 4.69) is 24.0 Å². The van der Waals surface area contributed by atoms with Gasteiger partial charge in [-0.2, -0.15) is 0 Å². The van der Waals surface area contributed by atoms with Crippen molar-refractivity contribution in [2.24, 2.45) is 0 Å². The molecule has 1 aromatic carbocycles. The lowest BCUT2D eigenvalue weighted by Gasteiger charge is -2.13. The summed E-state index contributed by atoms with van der Waals surface area (Å²) in [6, 6.07) is 10.00. The smallest absolute Gasteiger partial charge is 0.106 e. The summed E-state index contributed by atoms with van der Waals surface area (Å²) < 4.78 is 0. The van der Waals surface area contributed by atoms with Crippen molar-refractivity contribution in [1.29, 1.82) is 0 Å². The summed E-state index contributed by atoms with van der Waals surface area (Å²) in [5.41, 5.74) is 4.13. The Hall–Kier alpha value is -1.67. The van der Waals surface area contributed by atoms with Gasteiger partial charge in [0.15, 0.2) is 0 Å². The first kappa shape index (κ1) is 11.8. The molecule has 1 aromatic heterocycles. The predicted octanol–water partition coefficient (Wildman–Crippen LogP) is 3.03. The van der Waals surface area contributed by atoms with Gasteiger partial charge in [-0.15, -0.1) is 0 Å². The molecule has 0 spiro atoms. The molecule has 0 fully saturated rings. The highest BCUT2D eigenvalue weighted by atomic mass is 16.3. The zero-order valence-electron chi connectivity index (χ0n) is 10.2. The molecule has 0 bridgehead atoms. The average molecular weight is 227 g/mol. The molecule has 0 aliphatic rings. The van der Waals surface area contributed by atoms with E-state index >= 15 is 0 Å². The van der Waals surface area contributed by atoms with Crippen LogP contribution in [0, 0.1) is 6.92 Å². The van der Waals surface area contributed by atoms with Crippen LogP contribution in [0.25, 0.3) is 0 Å². The van der Waals surface area contributed by atoms with Gasteiger partial charge in [0, 0.05) is 18.0 Å². The molecule has 1 unspecified atom stereocenters. The number of hydrogen-bond donors (Lipinski definition) is 1. The highest BCUT2D eigenvalue weighted by molar-refractivity contribution is 5.34. The second kappa shape index (κ2) is 5.11. The summed E-state index contributed by atoms with van der Waals surface area (Å²) in [5.74, 6) is 0. The summed E-state index contributed by atoms with van der Waals surface area (Å²) in [6.45, 7) is 4.11. The molecular weight excluding hydrogens is 210 g/mol. The van der Waals surface area contributed by atoms with Gasteiger partial charge in [0.25, 0.3) is 0 Å². The highest BCUT2D eigenvalue weighted by Crippen LogP contribution is 2.24. The van der Waals surface area contributed by atoms with Crippen molar-refractivity contribution < 1.29 is 5.11 Å². The van der Waals surface area contributed by atoms with Crippen molar-refractivity contribution >= 4 is 0 Å². The van der Waals surface area contributed by atoms with Gasteiger partial charge in [0.2, 0.25) is 0 Å². The zero-order valence-corrected chi connectivity index (χ0v) is 10.2. The van der Waals surface area contributed by atoms with Crippen LogP contribution < -0.4 is 0 Å². The Kier molecular flexibility index (Phi) is 3.55. The van der Waals surface area contributed by atoms with E-state index in [1.165, 1.54) is 5.56 Å². The minimum atomic E-state index is -0.588. The number of aromatic nitrogens is 1. The fourth-order valence-corrected chi connectivity index (χ4v) is 1.88. The van der Waals surface area contributed by atoms with Crippen LogP contribution in [0.4, 0.5) is 0 Å². The largest absolute Gasteiger partial charge is 0.384 e. The van der Waals surface area contributed by atoms with Gasteiger partial charge in [0.1, 0.15) is 6.10 Å². The second-order valence-corrected chi connectivity index (χ2v) is 4.23. The van der Waals surface area contributed by atoms with Gasteiger partial charge < -0.3 is 5.11 Å². The number of rotatable bonds is 3.